The third kappa shape index (κ3) is 7.90. The quantitative estimate of drug-likeness (QED) is 0.458. The van der Waals surface area contributed by atoms with Crippen molar-refractivity contribution < 1.29 is 14.3 Å². The number of fused-ring (bicyclic) bond motifs is 2. The lowest BCUT2D eigenvalue weighted by atomic mass is 10.1. The summed E-state index contributed by atoms with van der Waals surface area (Å²) in [6, 6.07) is -0.377. The number of hydrogen-bond donors (Lipinski definition) is 5. The van der Waals surface area contributed by atoms with Gasteiger partial charge >= 0.3 is 0 Å². The molecule has 1 saturated heterocycles. The number of amides is 2. The van der Waals surface area contributed by atoms with Gasteiger partial charge in [-0.25, -0.2) is 4.98 Å². The highest BCUT2D eigenvalue weighted by molar-refractivity contribution is 5.98. The number of carbonyl (C=O) groups is 2. The number of hydrogen-bond acceptors (Lipinski definition) is 8. The maximum Gasteiger partial charge on any atom is 0.256 e. The van der Waals surface area contributed by atoms with Crippen molar-refractivity contribution in [3.05, 3.63) is 11.8 Å². The fourth-order valence-corrected chi connectivity index (χ4v) is 3.85. The van der Waals surface area contributed by atoms with Gasteiger partial charge < -0.3 is 31.7 Å². The minimum Gasteiger partial charge on any atom is -0.381 e. The number of anilines is 2. The summed E-state index contributed by atoms with van der Waals surface area (Å²) in [5, 5.41) is 12.5. The van der Waals surface area contributed by atoms with Crippen LogP contribution in [0.3, 0.4) is 0 Å². The first kappa shape index (κ1) is 24.2. The van der Waals surface area contributed by atoms with E-state index in [0.29, 0.717) is 50.1 Å². The normalized spacial score (nSPS) is 22.4. The Morgan fingerprint density at radius 3 is 2.44 bits per heavy atom. The highest BCUT2D eigenvalue weighted by atomic mass is 16.5. The van der Waals surface area contributed by atoms with Gasteiger partial charge in [-0.3, -0.25) is 9.59 Å². The maximum absolute atomic E-state index is 12.9. The van der Waals surface area contributed by atoms with Crippen LogP contribution in [0.4, 0.5) is 11.8 Å². The van der Waals surface area contributed by atoms with E-state index < -0.39 is 6.04 Å². The first-order valence-electron chi connectivity index (χ1n) is 11.9. The SMILES string of the molecule is N[C@H]1CCCCNc2nc(ncc2C(=O)NC2CCOCC2)NCCCCCCNC1=O. The van der Waals surface area contributed by atoms with E-state index in [-0.39, 0.29) is 17.9 Å². The fourth-order valence-electron chi connectivity index (χ4n) is 3.85. The van der Waals surface area contributed by atoms with Gasteiger partial charge in [0.05, 0.1) is 6.04 Å². The molecule has 2 bridgehead atoms. The number of nitrogens with two attached hydrogens (primary N) is 1. The van der Waals surface area contributed by atoms with Gasteiger partial charge in [-0.05, 0) is 44.9 Å². The zero-order valence-corrected chi connectivity index (χ0v) is 18.8. The van der Waals surface area contributed by atoms with E-state index in [9.17, 15) is 9.59 Å². The highest BCUT2D eigenvalue weighted by Gasteiger charge is 2.20. The van der Waals surface area contributed by atoms with Crippen LogP contribution < -0.4 is 27.0 Å². The van der Waals surface area contributed by atoms with Crippen LogP contribution in [0.5, 0.6) is 0 Å². The van der Waals surface area contributed by atoms with Gasteiger partial charge in [0.1, 0.15) is 11.4 Å². The minimum atomic E-state index is -0.482. The van der Waals surface area contributed by atoms with Gasteiger partial charge in [0.25, 0.3) is 5.91 Å². The lowest BCUT2D eigenvalue weighted by Gasteiger charge is -2.23. The van der Waals surface area contributed by atoms with E-state index in [0.717, 1.165) is 57.9 Å². The van der Waals surface area contributed by atoms with E-state index in [2.05, 4.69) is 31.2 Å². The summed E-state index contributed by atoms with van der Waals surface area (Å²) in [7, 11) is 0. The van der Waals surface area contributed by atoms with Gasteiger partial charge in [0, 0.05) is 45.1 Å². The lowest BCUT2D eigenvalue weighted by molar-refractivity contribution is -0.122. The molecule has 2 amide bonds. The second-order valence-corrected chi connectivity index (χ2v) is 8.48. The Morgan fingerprint density at radius 1 is 0.969 bits per heavy atom. The van der Waals surface area contributed by atoms with Crippen molar-refractivity contribution in [2.45, 2.75) is 69.9 Å². The smallest absolute Gasteiger partial charge is 0.256 e. The topological polar surface area (TPSA) is 143 Å². The zero-order valence-electron chi connectivity index (χ0n) is 18.8. The standard InChI is InChI=1S/C22H37N7O3/c23-18-7-3-6-10-24-19-17(20(30)28-16-8-13-32-14-9-16)15-27-22(29-19)26-12-5-2-1-4-11-25-21(18)31/h15-16,18H,1-14,23H2,(H,25,31)(H,28,30)(H2,24,26,27,29)/t18-/m0/s1. The van der Waals surface area contributed by atoms with Crippen LogP contribution in [0.2, 0.25) is 0 Å². The second kappa shape index (κ2) is 13.2. The van der Waals surface area contributed by atoms with Crippen LogP contribution in [0.1, 0.15) is 68.1 Å². The molecule has 0 radical (unpaired) electrons. The molecule has 10 heteroatoms. The maximum atomic E-state index is 12.9. The number of nitrogens with one attached hydrogen (secondary N) is 4. The summed E-state index contributed by atoms with van der Waals surface area (Å²) < 4.78 is 5.37. The van der Waals surface area contributed by atoms with Gasteiger partial charge in [0.15, 0.2) is 0 Å². The summed E-state index contributed by atoms with van der Waals surface area (Å²) in [5.74, 6) is 0.792. The van der Waals surface area contributed by atoms with Crippen LogP contribution in [0.15, 0.2) is 6.20 Å². The predicted molar refractivity (Wildman–Crippen MR) is 124 cm³/mol. The van der Waals surface area contributed by atoms with Crippen molar-refractivity contribution in [2.24, 2.45) is 5.73 Å². The molecule has 1 atom stereocenters. The predicted octanol–water partition coefficient (Wildman–Crippen LogP) is 1.40. The first-order valence-corrected chi connectivity index (χ1v) is 11.9. The number of nitrogens with zero attached hydrogens (tertiary/aromatic N) is 2. The van der Waals surface area contributed by atoms with Crippen molar-refractivity contribution in [3.8, 4) is 0 Å². The Balaban J connectivity index is 1.64. The van der Waals surface area contributed by atoms with Crippen molar-refractivity contribution >= 4 is 23.6 Å². The summed E-state index contributed by atoms with van der Waals surface area (Å²) in [6.07, 6.45) is 9.46. The van der Waals surface area contributed by atoms with E-state index in [1.807, 2.05) is 0 Å². The number of aromatic nitrogens is 2. The summed E-state index contributed by atoms with van der Waals surface area (Å²) in [4.78, 5) is 33.9. The summed E-state index contributed by atoms with van der Waals surface area (Å²) in [5.41, 5.74) is 6.45. The van der Waals surface area contributed by atoms with Crippen molar-refractivity contribution in [1.29, 1.82) is 0 Å². The molecule has 1 aromatic heterocycles. The lowest BCUT2D eigenvalue weighted by Crippen LogP contribution is -2.40. The molecule has 3 rings (SSSR count). The summed E-state index contributed by atoms with van der Waals surface area (Å²) in [6.45, 7) is 3.38. The Labute approximate surface area is 189 Å². The highest BCUT2D eigenvalue weighted by Crippen LogP contribution is 2.16. The van der Waals surface area contributed by atoms with E-state index in [4.69, 9.17) is 10.5 Å². The minimum absolute atomic E-state index is 0.0757. The molecule has 178 valence electrons. The molecule has 1 fully saturated rings. The molecule has 0 saturated carbocycles. The molecule has 10 nitrogen and oxygen atoms in total. The molecule has 1 aromatic rings. The Hall–Kier alpha value is -2.46. The zero-order chi connectivity index (χ0) is 22.6. The molecule has 0 aromatic carbocycles. The molecule has 3 heterocycles. The van der Waals surface area contributed by atoms with Crippen LogP contribution in [-0.2, 0) is 9.53 Å². The molecular weight excluding hydrogens is 410 g/mol. The molecule has 0 aliphatic carbocycles. The second-order valence-electron chi connectivity index (χ2n) is 8.48. The van der Waals surface area contributed by atoms with Gasteiger partial charge in [0.2, 0.25) is 11.9 Å². The molecule has 6 N–H and O–H groups in total. The fraction of sp³-hybridized carbons (Fsp3) is 0.727. The monoisotopic (exact) mass is 447 g/mol. The Kier molecular flexibility index (Phi) is 9.96. The molecular formula is C22H37N7O3. The van der Waals surface area contributed by atoms with E-state index >= 15 is 0 Å². The molecule has 0 unspecified atom stereocenters. The van der Waals surface area contributed by atoms with Crippen LogP contribution in [0, 0.1) is 0 Å². The van der Waals surface area contributed by atoms with Crippen molar-refractivity contribution in [3.63, 3.8) is 0 Å². The van der Waals surface area contributed by atoms with Gasteiger partial charge in [-0.15, -0.1) is 0 Å². The largest absolute Gasteiger partial charge is 0.381 e. The van der Waals surface area contributed by atoms with Gasteiger partial charge in [-0.2, -0.15) is 4.98 Å². The van der Waals surface area contributed by atoms with E-state index in [1.54, 1.807) is 6.20 Å². The molecule has 0 spiro atoms. The molecule has 2 aliphatic heterocycles. The first-order chi connectivity index (χ1) is 15.6. The van der Waals surface area contributed by atoms with Crippen LogP contribution in [-0.4, -0.2) is 66.7 Å². The third-order valence-electron chi connectivity index (χ3n) is 5.85. The average Bonchev–Trinajstić information content (AvgIpc) is 2.80. The Bertz CT molecular complexity index is 740. The molecule has 2 aliphatic rings. The van der Waals surface area contributed by atoms with E-state index in [1.165, 1.54) is 0 Å². The number of carbonyl (C=O) groups excluding carboxylic acids is 2. The number of rotatable bonds is 2. The van der Waals surface area contributed by atoms with Gasteiger partial charge in [-0.1, -0.05) is 12.8 Å². The van der Waals surface area contributed by atoms with Crippen molar-refractivity contribution in [1.82, 2.24) is 20.6 Å². The third-order valence-corrected chi connectivity index (χ3v) is 5.85. The molecule has 32 heavy (non-hydrogen) atoms. The van der Waals surface area contributed by atoms with Crippen LogP contribution in [0.25, 0.3) is 0 Å². The average molecular weight is 448 g/mol. The van der Waals surface area contributed by atoms with Crippen LogP contribution >= 0.6 is 0 Å². The number of ether oxygens (including phenoxy) is 1. The Morgan fingerprint density at radius 2 is 1.66 bits per heavy atom. The van der Waals surface area contributed by atoms with Crippen molar-refractivity contribution in [2.75, 3.05) is 43.5 Å². The summed E-state index contributed by atoms with van der Waals surface area (Å²) >= 11 is 0.